The molecule has 3 aromatic heterocycles. The molecule has 0 radical (unpaired) electrons. The zero-order valence-corrected chi connectivity index (χ0v) is 14.8. The minimum absolute atomic E-state index is 0.0479. The van der Waals surface area contributed by atoms with Crippen LogP contribution >= 0.6 is 0 Å². The molecule has 0 atom stereocenters. The third kappa shape index (κ3) is 4.05. The molecule has 0 aromatic carbocycles. The third-order valence-corrected chi connectivity index (χ3v) is 4.44. The summed E-state index contributed by atoms with van der Waals surface area (Å²) in [5.41, 5.74) is 0.491. The number of hydrogen-bond donors (Lipinski definition) is 1. The Labute approximate surface area is 156 Å². The summed E-state index contributed by atoms with van der Waals surface area (Å²) in [6.07, 6.45) is 6.52. The lowest BCUT2D eigenvalue weighted by molar-refractivity contribution is 0.0745. The summed E-state index contributed by atoms with van der Waals surface area (Å²) in [4.78, 5) is 29.5. The molecule has 0 spiro atoms. The maximum atomic E-state index is 12.7. The second kappa shape index (κ2) is 7.86. The fraction of sp³-hybridized carbons (Fsp3) is 0.263. The molecule has 0 bridgehead atoms. The highest BCUT2D eigenvalue weighted by Gasteiger charge is 2.23. The Morgan fingerprint density at radius 1 is 1.04 bits per heavy atom. The Kier molecular flexibility index (Phi) is 4.95. The van der Waals surface area contributed by atoms with Crippen LogP contribution in [0.3, 0.4) is 0 Å². The van der Waals surface area contributed by atoms with Gasteiger partial charge in [0.1, 0.15) is 11.6 Å². The zero-order chi connectivity index (χ0) is 18.5. The first-order valence-corrected chi connectivity index (χ1v) is 8.83. The highest BCUT2D eigenvalue weighted by atomic mass is 16.3. The Bertz CT molecular complexity index is 859. The lowest BCUT2D eigenvalue weighted by Crippen LogP contribution is -2.49. The van der Waals surface area contributed by atoms with Crippen molar-refractivity contribution in [1.29, 1.82) is 0 Å². The highest BCUT2D eigenvalue weighted by molar-refractivity contribution is 5.93. The standard InChI is InChI=1S/C19H20N6O2/c26-18(25-9-7-24(8-10-25)17-5-1-2-6-20-17)15-12-21-19(22-13-15)23-14-16-4-3-11-27-16/h1-6,11-13H,7-10,14H2,(H,21,22,23). The Morgan fingerprint density at radius 2 is 1.85 bits per heavy atom. The number of anilines is 2. The smallest absolute Gasteiger partial charge is 0.257 e. The number of hydrogen-bond acceptors (Lipinski definition) is 7. The average molecular weight is 364 g/mol. The quantitative estimate of drug-likeness (QED) is 0.741. The molecule has 138 valence electrons. The summed E-state index contributed by atoms with van der Waals surface area (Å²) in [6, 6.07) is 9.55. The van der Waals surface area contributed by atoms with Gasteiger partial charge in [0.25, 0.3) is 5.91 Å². The van der Waals surface area contributed by atoms with Gasteiger partial charge in [-0.15, -0.1) is 0 Å². The summed E-state index contributed by atoms with van der Waals surface area (Å²) in [6.45, 7) is 3.30. The van der Waals surface area contributed by atoms with Gasteiger partial charge >= 0.3 is 0 Å². The molecule has 0 aliphatic carbocycles. The number of carbonyl (C=O) groups is 1. The van der Waals surface area contributed by atoms with Crippen molar-refractivity contribution < 1.29 is 9.21 Å². The van der Waals surface area contributed by atoms with Crippen LogP contribution in [0.15, 0.2) is 59.6 Å². The van der Waals surface area contributed by atoms with Crippen molar-refractivity contribution in [3.05, 3.63) is 66.5 Å². The molecule has 3 aromatic rings. The molecule has 8 nitrogen and oxygen atoms in total. The van der Waals surface area contributed by atoms with Gasteiger partial charge in [0.2, 0.25) is 5.95 Å². The molecule has 4 rings (SSSR count). The van der Waals surface area contributed by atoms with Crippen LogP contribution in [0, 0.1) is 0 Å². The van der Waals surface area contributed by atoms with Gasteiger partial charge in [0.05, 0.1) is 18.4 Å². The SMILES string of the molecule is O=C(c1cnc(NCc2ccco2)nc1)N1CCN(c2ccccn2)CC1. The van der Waals surface area contributed by atoms with E-state index in [1.54, 1.807) is 24.9 Å². The summed E-state index contributed by atoms with van der Waals surface area (Å²) in [5.74, 6) is 2.15. The molecule has 8 heteroatoms. The summed E-state index contributed by atoms with van der Waals surface area (Å²) in [5, 5.41) is 3.06. The molecule has 1 aliphatic rings. The van der Waals surface area contributed by atoms with E-state index in [2.05, 4.69) is 25.2 Å². The molecule has 0 saturated carbocycles. The molecule has 1 amide bonds. The van der Waals surface area contributed by atoms with Crippen LogP contribution in [0.1, 0.15) is 16.1 Å². The van der Waals surface area contributed by atoms with E-state index in [0.717, 1.165) is 24.7 Å². The van der Waals surface area contributed by atoms with Gasteiger partial charge in [0.15, 0.2) is 0 Å². The number of furan rings is 1. The zero-order valence-electron chi connectivity index (χ0n) is 14.8. The van der Waals surface area contributed by atoms with Gasteiger partial charge in [-0.25, -0.2) is 15.0 Å². The lowest BCUT2D eigenvalue weighted by Gasteiger charge is -2.35. The number of carbonyl (C=O) groups excluding carboxylic acids is 1. The van der Waals surface area contributed by atoms with Crippen LogP contribution in [0.2, 0.25) is 0 Å². The predicted octanol–water partition coefficient (Wildman–Crippen LogP) is 2.04. The third-order valence-electron chi connectivity index (χ3n) is 4.44. The van der Waals surface area contributed by atoms with Crippen molar-refractivity contribution in [2.45, 2.75) is 6.54 Å². The average Bonchev–Trinajstić information content (AvgIpc) is 3.27. The Balaban J connectivity index is 1.32. The van der Waals surface area contributed by atoms with Gasteiger partial charge in [-0.05, 0) is 24.3 Å². The van der Waals surface area contributed by atoms with Gasteiger partial charge in [-0.1, -0.05) is 6.07 Å². The van der Waals surface area contributed by atoms with Crippen LogP contribution in [0.25, 0.3) is 0 Å². The molecule has 1 fully saturated rings. The predicted molar refractivity (Wildman–Crippen MR) is 100 cm³/mol. The topological polar surface area (TPSA) is 87.4 Å². The Morgan fingerprint density at radius 3 is 2.52 bits per heavy atom. The van der Waals surface area contributed by atoms with E-state index in [0.29, 0.717) is 31.1 Å². The maximum absolute atomic E-state index is 12.7. The van der Waals surface area contributed by atoms with E-state index in [1.807, 2.05) is 35.2 Å². The van der Waals surface area contributed by atoms with Gasteiger partial charge in [-0.3, -0.25) is 4.79 Å². The molecule has 27 heavy (non-hydrogen) atoms. The van der Waals surface area contributed by atoms with Crippen molar-refractivity contribution in [2.75, 3.05) is 36.4 Å². The first kappa shape index (κ1) is 17.0. The summed E-state index contributed by atoms with van der Waals surface area (Å²) < 4.78 is 5.25. The molecule has 1 N–H and O–H groups in total. The molecular formula is C19H20N6O2. The van der Waals surface area contributed by atoms with E-state index >= 15 is 0 Å². The van der Waals surface area contributed by atoms with Crippen molar-refractivity contribution in [2.24, 2.45) is 0 Å². The first-order valence-electron chi connectivity index (χ1n) is 8.83. The number of nitrogens with zero attached hydrogens (tertiary/aromatic N) is 5. The summed E-state index contributed by atoms with van der Waals surface area (Å²) in [7, 11) is 0. The fourth-order valence-electron chi connectivity index (χ4n) is 2.97. The molecule has 0 unspecified atom stereocenters. The first-order chi connectivity index (χ1) is 13.3. The van der Waals surface area contributed by atoms with Crippen LogP contribution in [0.4, 0.5) is 11.8 Å². The maximum Gasteiger partial charge on any atom is 0.257 e. The number of pyridine rings is 1. The largest absolute Gasteiger partial charge is 0.467 e. The van der Waals surface area contributed by atoms with E-state index in [1.165, 1.54) is 0 Å². The van der Waals surface area contributed by atoms with Gasteiger partial charge in [0, 0.05) is 44.8 Å². The van der Waals surface area contributed by atoms with Crippen molar-refractivity contribution in [3.63, 3.8) is 0 Å². The molecule has 1 saturated heterocycles. The Hall–Kier alpha value is -3.42. The normalized spacial score (nSPS) is 14.2. The monoisotopic (exact) mass is 364 g/mol. The second-order valence-electron chi connectivity index (χ2n) is 6.20. The second-order valence-corrected chi connectivity index (χ2v) is 6.20. The van der Waals surface area contributed by atoms with E-state index in [-0.39, 0.29) is 5.91 Å². The molecule has 4 heterocycles. The van der Waals surface area contributed by atoms with Crippen molar-refractivity contribution in [3.8, 4) is 0 Å². The minimum Gasteiger partial charge on any atom is -0.467 e. The minimum atomic E-state index is -0.0479. The number of amides is 1. The van der Waals surface area contributed by atoms with Crippen molar-refractivity contribution >= 4 is 17.7 Å². The van der Waals surface area contributed by atoms with Crippen molar-refractivity contribution in [1.82, 2.24) is 19.9 Å². The van der Waals surface area contributed by atoms with E-state index in [9.17, 15) is 4.79 Å². The van der Waals surface area contributed by atoms with Gasteiger partial charge < -0.3 is 19.5 Å². The number of nitrogens with one attached hydrogen (secondary N) is 1. The molecular weight excluding hydrogens is 344 g/mol. The van der Waals surface area contributed by atoms with E-state index < -0.39 is 0 Å². The van der Waals surface area contributed by atoms with Gasteiger partial charge in [-0.2, -0.15) is 0 Å². The van der Waals surface area contributed by atoms with Crippen LogP contribution in [-0.4, -0.2) is 51.9 Å². The van der Waals surface area contributed by atoms with Crippen LogP contribution in [-0.2, 0) is 6.54 Å². The number of piperazine rings is 1. The number of aromatic nitrogens is 3. The number of rotatable bonds is 5. The van der Waals surface area contributed by atoms with Crippen LogP contribution < -0.4 is 10.2 Å². The lowest BCUT2D eigenvalue weighted by atomic mass is 10.2. The fourth-order valence-corrected chi connectivity index (χ4v) is 2.97. The summed E-state index contributed by atoms with van der Waals surface area (Å²) >= 11 is 0. The highest BCUT2D eigenvalue weighted by Crippen LogP contribution is 2.14. The van der Waals surface area contributed by atoms with Crippen LogP contribution in [0.5, 0.6) is 0 Å². The van der Waals surface area contributed by atoms with E-state index in [4.69, 9.17) is 4.42 Å². The molecule has 1 aliphatic heterocycles.